The highest BCUT2D eigenvalue weighted by molar-refractivity contribution is 5.92. The van der Waals surface area contributed by atoms with Gasteiger partial charge in [-0.25, -0.2) is 9.59 Å². The fraction of sp³-hybridized carbons (Fsp3) is 0.278. The maximum Gasteiger partial charge on any atom is 0.342 e. The van der Waals surface area contributed by atoms with Gasteiger partial charge in [0, 0.05) is 0 Å². The molecule has 228 valence electrons. The van der Waals surface area contributed by atoms with Crippen LogP contribution in [0.25, 0.3) is 0 Å². The summed E-state index contributed by atoms with van der Waals surface area (Å²) in [6.07, 6.45) is 0.833. The predicted octanol–water partition coefficient (Wildman–Crippen LogP) is 8.17. The van der Waals surface area contributed by atoms with Crippen molar-refractivity contribution in [2.45, 2.75) is 53.6 Å². The molecule has 0 heterocycles. The molecule has 3 N–H and O–H groups in total. The van der Waals surface area contributed by atoms with Crippen LogP contribution in [0.15, 0.2) is 97.1 Å². The first-order valence-corrected chi connectivity index (χ1v) is 14.2. The fourth-order valence-electron chi connectivity index (χ4n) is 3.54. The van der Waals surface area contributed by atoms with Crippen LogP contribution in [0.4, 0.5) is 0 Å². The molecule has 0 saturated carbocycles. The highest BCUT2D eigenvalue weighted by Crippen LogP contribution is 2.22. The number of hydrogen-bond acceptors (Lipinski definition) is 7. The van der Waals surface area contributed by atoms with Crippen molar-refractivity contribution in [3.05, 3.63) is 125 Å². The fourth-order valence-corrected chi connectivity index (χ4v) is 3.54. The molecule has 0 bridgehead atoms. The lowest BCUT2D eigenvalue weighted by Gasteiger charge is -2.07. The molecular weight excluding hydrogens is 544 g/mol. The molecule has 0 aliphatic carbocycles. The molecule has 0 spiro atoms. The molecule has 0 aliphatic heterocycles. The first-order valence-electron chi connectivity index (χ1n) is 14.2. The van der Waals surface area contributed by atoms with Gasteiger partial charge in [0.1, 0.15) is 35.0 Å². The quantitative estimate of drug-likeness (QED) is 0.178. The summed E-state index contributed by atoms with van der Waals surface area (Å²) in [4.78, 5) is 23.1. The molecule has 0 atom stereocenters. The maximum atomic E-state index is 11.7. The average Bonchev–Trinajstić information content (AvgIpc) is 2.98. The standard InChI is InChI=1S/C14H12O3.C12H16O3.C10H14O/c15-13-9-5-4-8-12(13)14(16)17-10-11-6-2-1-3-7-11;1-9(2)7-8-15-12(14)10-5-3-4-6-11(10)13;1-7(2)9-5-4-8(3)10(11)6-9/h1-9,15H,10H2;3-6,9,13H,7-8H2,1-2H3;4-7,11H,1-3H3. The summed E-state index contributed by atoms with van der Waals surface area (Å²) in [6.45, 7) is 10.9. The smallest absolute Gasteiger partial charge is 0.342 e. The third-order valence-electron chi connectivity index (χ3n) is 6.29. The molecule has 0 saturated heterocycles. The van der Waals surface area contributed by atoms with Crippen molar-refractivity contribution in [1.82, 2.24) is 0 Å². The van der Waals surface area contributed by atoms with E-state index in [1.54, 1.807) is 30.3 Å². The van der Waals surface area contributed by atoms with Gasteiger partial charge in [-0.15, -0.1) is 0 Å². The molecule has 7 heteroatoms. The van der Waals surface area contributed by atoms with Gasteiger partial charge in [0.15, 0.2) is 0 Å². The SMILES string of the molecule is CC(C)CCOC(=O)c1ccccc1O.Cc1ccc(C(C)C)cc1O.O=C(OCc1ccccc1)c1ccccc1O. The second kappa shape index (κ2) is 17.9. The molecule has 43 heavy (non-hydrogen) atoms. The van der Waals surface area contributed by atoms with Crippen molar-refractivity contribution in [2.75, 3.05) is 6.61 Å². The molecule has 4 aromatic carbocycles. The van der Waals surface area contributed by atoms with Crippen LogP contribution in [0, 0.1) is 12.8 Å². The molecule has 0 aromatic heterocycles. The van der Waals surface area contributed by atoms with E-state index in [1.807, 2.05) is 49.4 Å². The zero-order valence-electron chi connectivity index (χ0n) is 25.5. The normalized spacial score (nSPS) is 10.2. The summed E-state index contributed by atoms with van der Waals surface area (Å²) in [5.74, 6) is 0.304. The predicted molar refractivity (Wildman–Crippen MR) is 168 cm³/mol. The summed E-state index contributed by atoms with van der Waals surface area (Å²) in [5.41, 5.74) is 3.45. The molecule has 0 fully saturated rings. The third-order valence-corrected chi connectivity index (χ3v) is 6.29. The van der Waals surface area contributed by atoms with Crippen LogP contribution < -0.4 is 0 Å². The van der Waals surface area contributed by atoms with E-state index in [2.05, 4.69) is 33.8 Å². The van der Waals surface area contributed by atoms with Crippen molar-refractivity contribution in [1.29, 1.82) is 0 Å². The third kappa shape index (κ3) is 12.3. The molecule has 0 unspecified atom stereocenters. The van der Waals surface area contributed by atoms with Gasteiger partial charge in [0.2, 0.25) is 0 Å². The summed E-state index contributed by atoms with van der Waals surface area (Å²) in [7, 11) is 0. The van der Waals surface area contributed by atoms with Gasteiger partial charge in [-0.3, -0.25) is 0 Å². The Balaban J connectivity index is 0.000000231. The van der Waals surface area contributed by atoms with Gasteiger partial charge >= 0.3 is 11.9 Å². The Morgan fingerprint density at radius 3 is 1.65 bits per heavy atom. The van der Waals surface area contributed by atoms with E-state index >= 15 is 0 Å². The van der Waals surface area contributed by atoms with Crippen molar-refractivity contribution in [3.8, 4) is 17.2 Å². The van der Waals surface area contributed by atoms with E-state index in [0.29, 0.717) is 24.2 Å². The van der Waals surface area contributed by atoms with Crippen molar-refractivity contribution in [2.24, 2.45) is 5.92 Å². The summed E-state index contributed by atoms with van der Waals surface area (Å²) >= 11 is 0. The van der Waals surface area contributed by atoms with Crippen LogP contribution >= 0.6 is 0 Å². The Labute approximate surface area is 254 Å². The second-order valence-corrected chi connectivity index (χ2v) is 10.6. The number of aryl methyl sites for hydroxylation is 1. The Morgan fingerprint density at radius 1 is 0.651 bits per heavy atom. The number of phenolic OH excluding ortho intramolecular Hbond substituents is 3. The Bertz CT molecular complexity index is 1430. The van der Waals surface area contributed by atoms with Crippen LogP contribution in [0.2, 0.25) is 0 Å². The number of ether oxygens (including phenoxy) is 2. The second-order valence-electron chi connectivity index (χ2n) is 10.6. The number of esters is 2. The van der Waals surface area contributed by atoms with Crippen LogP contribution in [0.1, 0.15) is 77.4 Å². The van der Waals surface area contributed by atoms with Gasteiger partial charge in [-0.05, 0) is 72.2 Å². The molecule has 7 nitrogen and oxygen atoms in total. The van der Waals surface area contributed by atoms with Crippen LogP contribution in [0.5, 0.6) is 17.2 Å². The van der Waals surface area contributed by atoms with Gasteiger partial charge in [-0.1, -0.05) is 94.4 Å². The van der Waals surface area contributed by atoms with E-state index < -0.39 is 11.9 Å². The number of rotatable bonds is 8. The monoisotopic (exact) mass is 586 g/mol. The minimum atomic E-state index is -0.521. The summed E-state index contributed by atoms with van der Waals surface area (Å²) < 4.78 is 10.1. The van der Waals surface area contributed by atoms with E-state index in [9.17, 15) is 24.9 Å². The number of para-hydroxylation sites is 2. The first kappa shape index (κ1) is 34.4. The molecule has 0 radical (unpaired) electrons. The minimum absolute atomic E-state index is 0.0351. The topological polar surface area (TPSA) is 113 Å². The highest BCUT2D eigenvalue weighted by Gasteiger charge is 2.12. The Morgan fingerprint density at radius 2 is 1.16 bits per heavy atom. The first-order chi connectivity index (χ1) is 20.5. The number of aromatic hydroxyl groups is 3. The van der Waals surface area contributed by atoms with Crippen molar-refractivity contribution >= 4 is 11.9 Å². The van der Waals surface area contributed by atoms with Crippen molar-refractivity contribution in [3.63, 3.8) is 0 Å². The molecule has 0 amide bonds. The lowest BCUT2D eigenvalue weighted by atomic mass is 10.0. The maximum absolute atomic E-state index is 11.7. The van der Waals surface area contributed by atoms with Crippen LogP contribution in [0.3, 0.4) is 0 Å². The molecule has 0 aliphatic rings. The summed E-state index contributed by atoms with van der Waals surface area (Å²) in [5, 5.41) is 28.2. The number of carbonyl (C=O) groups excluding carboxylic acids is 2. The lowest BCUT2D eigenvalue weighted by Crippen LogP contribution is -2.08. The number of benzene rings is 4. The number of hydrogen-bond donors (Lipinski definition) is 3. The van der Waals surface area contributed by atoms with E-state index in [-0.39, 0.29) is 29.2 Å². The van der Waals surface area contributed by atoms with E-state index in [0.717, 1.165) is 17.5 Å². The van der Waals surface area contributed by atoms with Gasteiger partial charge in [0.05, 0.1) is 6.61 Å². The molecular formula is C36H42O7. The van der Waals surface area contributed by atoms with Gasteiger partial charge in [-0.2, -0.15) is 0 Å². The number of phenols is 3. The zero-order chi connectivity index (χ0) is 31.8. The van der Waals surface area contributed by atoms with Crippen LogP contribution in [-0.4, -0.2) is 33.9 Å². The molecule has 4 aromatic rings. The number of carbonyl (C=O) groups is 2. The van der Waals surface area contributed by atoms with Gasteiger partial charge < -0.3 is 24.8 Å². The minimum Gasteiger partial charge on any atom is -0.508 e. The molecule has 4 rings (SSSR count). The Kier molecular flexibility index (Phi) is 14.3. The summed E-state index contributed by atoms with van der Waals surface area (Å²) in [6, 6.07) is 27.9. The highest BCUT2D eigenvalue weighted by atomic mass is 16.5. The van der Waals surface area contributed by atoms with E-state index in [1.165, 1.54) is 23.8 Å². The van der Waals surface area contributed by atoms with Crippen LogP contribution in [-0.2, 0) is 16.1 Å². The largest absolute Gasteiger partial charge is 0.508 e. The lowest BCUT2D eigenvalue weighted by molar-refractivity contribution is 0.0464. The van der Waals surface area contributed by atoms with Crippen molar-refractivity contribution < 1.29 is 34.4 Å². The zero-order valence-corrected chi connectivity index (χ0v) is 25.5. The Hall–Kier alpha value is -4.78. The average molecular weight is 587 g/mol. The van der Waals surface area contributed by atoms with Gasteiger partial charge in [0.25, 0.3) is 0 Å². The van der Waals surface area contributed by atoms with E-state index in [4.69, 9.17) is 9.47 Å².